The van der Waals surface area contributed by atoms with E-state index >= 15 is 0 Å². The first-order valence-electron chi connectivity index (χ1n) is 6.52. The molecule has 0 N–H and O–H groups in total. The van der Waals surface area contributed by atoms with Crippen molar-refractivity contribution in [2.24, 2.45) is 0 Å². The first kappa shape index (κ1) is 15.3. The maximum Gasteiger partial charge on any atom is 0.243 e. The van der Waals surface area contributed by atoms with Gasteiger partial charge in [-0.2, -0.15) is 4.31 Å². The van der Waals surface area contributed by atoms with Crippen molar-refractivity contribution in [1.29, 1.82) is 0 Å². The number of sulfonamides is 1. The molecule has 0 unspecified atom stereocenters. The summed E-state index contributed by atoms with van der Waals surface area (Å²) in [5.41, 5.74) is 1.40. The van der Waals surface area contributed by atoms with Crippen molar-refractivity contribution < 1.29 is 13.2 Å². The van der Waals surface area contributed by atoms with Crippen molar-refractivity contribution in [1.82, 2.24) is 14.3 Å². The number of carbonyl (C=O) groups is 1. The summed E-state index contributed by atoms with van der Waals surface area (Å²) in [7, 11) is -3.36. The van der Waals surface area contributed by atoms with Gasteiger partial charge in [0.05, 0.1) is 30.0 Å². The van der Waals surface area contributed by atoms with Crippen LogP contribution in [0, 0.1) is 0 Å². The minimum Gasteiger partial charge on any atom is -0.293 e. The highest BCUT2D eigenvalue weighted by Gasteiger charge is 2.30. The Hall–Kier alpha value is -1.58. The fourth-order valence-electron chi connectivity index (χ4n) is 2.28. The Balaban J connectivity index is 1.90. The van der Waals surface area contributed by atoms with Crippen molar-refractivity contribution in [2.45, 2.75) is 0 Å². The van der Waals surface area contributed by atoms with Crippen molar-refractivity contribution in [3.8, 4) is 0 Å². The van der Waals surface area contributed by atoms with Crippen LogP contribution >= 0.6 is 15.9 Å². The molecule has 22 heavy (non-hydrogen) atoms. The van der Waals surface area contributed by atoms with E-state index < -0.39 is 10.0 Å². The molecule has 0 radical (unpaired) electrons. The topological polar surface area (TPSA) is 83.5 Å². The molecule has 9 heteroatoms. The van der Waals surface area contributed by atoms with E-state index in [9.17, 15) is 13.2 Å². The molecule has 1 aromatic carbocycles. The molecule has 2 heterocycles. The van der Waals surface area contributed by atoms with Crippen molar-refractivity contribution in [2.75, 3.05) is 30.8 Å². The number of fused-ring (bicyclic) bond motifs is 1. The molecular formula is C13H13BrN4O3S. The number of rotatable bonds is 2. The normalized spacial score (nSPS) is 17.2. The summed E-state index contributed by atoms with van der Waals surface area (Å²) in [6.07, 6.45) is 2.63. The average molecular weight is 385 g/mol. The van der Waals surface area contributed by atoms with Gasteiger partial charge < -0.3 is 0 Å². The van der Waals surface area contributed by atoms with Gasteiger partial charge in [-0.3, -0.25) is 14.7 Å². The molecule has 1 saturated heterocycles. The number of benzene rings is 1. The number of halogens is 1. The first-order chi connectivity index (χ1) is 10.3. The van der Waals surface area contributed by atoms with Gasteiger partial charge in [0.15, 0.2) is 5.82 Å². The third-order valence-electron chi connectivity index (χ3n) is 3.42. The lowest BCUT2D eigenvalue weighted by Gasteiger charge is -2.32. The number of piperazine rings is 1. The van der Waals surface area contributed by atoms with Crippen LogP contribution < -0.4 is 4.90 Å². The van der Waals surface area contributed by atoms with Crippen LogP contribution in [0.1, 0.15) is 0 Å². The Morgan fingerprint density at radius 3 is 2.68 bits per heavy atom. The molecule has 0 bridgehead atoms. The van der Waals surface area contributed by atoms with E-state index in [2.05, 4.69) is 25.9 Å². The monoisotopic (exact) mass is 384 g/mol. The molecule has 116 valence electrons. The number of aromatic nitrogens is 2. The Morgan fingerprint density at radius 1 is 1.23 bits per heavy atom. The second-order valence-electron chi connectivity index (χ2n) is 5.00. The van der Waals surface area contributed by atoms with Crippen LogP contribution in [0.5, 0.6) is 0 Å². The second kappa shape index (κ2) is 5.56. The fourth-order valence-corrected chi connectivity index (χ4v) is 3.39. The summed E-state index contributed by atoms with van der Waals surface area (Å²) in [4.78, 5) is 22.4. The van der Waals surface area contributed by atoms with Gasteiger partial charge in [-0.05, 0) is 18.2 Å². The maximum atomic E-state index is 12.2. The highest BCUT2D eigenvalue weighted by molar-refractivity contribution is 9.10. The minimum absolute atomic E-state index is 0.170. The molecule has 1 aromatic heterocycles. The average Bonchev–Trinajstić information content (AvgIpc) is 2.45. The smallest absolute Gasteiger partial charge is 0.243 e. The number of hydrogen-bond acceptors (Lipinski definition) is 5. The van der Waals surface area contributed by atoms with Crippen LogP contribution in [-0.4, -0.2) is 54.5 Å². The van der Waals surface area contributed by atoms with Gasteiger partial charge in [0, 0.05) is 17.6 Å². The maximum absolute atomic E-state index is 12.2. The van der Waals surface area contributed by atoms with E-state index in [1.165, 1.54) is 11.1 Å². The zero-order valence-electron chi connectivity index (χ0n) is 11.7. The van der Waals surface area contributed by atoms with Crippen LogP contribution in [0.2, 0.25) is 0 Å². The van der Waals surface area contributed by atoms with Gasteiger partial charge in [-0.15, -0.1) is 0 Å². The van der Waals surface area contributed by atoms with E-state index in [4.69, 9.17) is 0 Å². The minimum atomic E-state index is -3.36. The van der Waals surface area contributed by atoms with Crippen LogP contribution in [0.4, 0.5) is 5.82 Å². The van der Waals surface area contributed by atoms with Crippen LogP contribution in [-0.2, 0) is 14.8 Å². The van der Waals surface area contributed by atoms with Gasteiger partial charge in [0.25, 0.3) is 0 Å². The lowest BCUT2D eigenvalue weighted by atomic mass is 10.3. The largest absolute Gasteiger partial charge is 0.293 e. The van der Waals surface area contributed by atoms with Crippen LogP contribution in [0.3, 0.4) is 0 Å². The van der Waals surface area contributed by atoms with Crippen molar-refractivity contribution in [3.05, 3.63) is 28.9 Å². The number of hydrogen-bond donors (Lipinski definition) is 0. The van der Waals surface area contributed by atoms with Gasteiger partial charge in [-0.25, -0.2) is 13.4 Å². The molecular weight excluding hydrogens is 372 g/mol. The quantitative estimate of drug-likeness (QED) is 0.770. The summed E-state index contributed by atoms with van der Waals surface area (Å²) < 4.78 is 25.1. The molecule has 1 aliphatic rings. The summed E-state index contributed by atoms with van der Waals surface area (Å²) in [6, 6.07) is 5.52. The van der Waals surface area contributed by atoms with Crippen LogP contribution in [0.25, 0.3) is 11.0 Å². The van der Waals surface area contributed by atoms with E-state index in [-0.39, 0.29) is 25.5 Å². The Bertz CT molecular complexity index is 855. The molecule has 1 fully saturated rings. The van der Waals surface area contributed by atoms with Gasteiger partial charge in [0.1, 0.15) is 0 Å². The predicted octanol–water partition coefficient (Wildman–Crippen LogP) is 1.00. The SMILES string of the molecule is CS(=O)(=O)N1CCN(c2cnc3ccc(Br)cc3n2)C(=O)C1. The lowest BCUT2D eigenvalue weighted by molar-refractivity contribution is -0.120. The van der Waals surface area contributed by atoms with Gasteiger partial charge in [-0.1, -0.05) is 15.9 Å². The number of anilines is 1. The highest BCUT2D eigenvalue weighted by Crippen LogP contribution is 2.21. The summed E-state index contributed by atoms with van der Waals surface area (Å²) in [6.45, 7) is 0.347. The molecule has 2 aromatic rings. The Labute approximate surface area is 136 Å². The Kier molecular flexibility index (Phi) is 3.87. The number of carbonyl (C=O) groups excluding carboxylic acids is 1. The summed E-state index contributed by atoms with van der Waals surface area (Å²) in [5.74, 6) is 0.129. The molecule has 1 amide bonds. The summed E-state index contributed by atoms with van der Waals surface area (Å²) in [5, 5.41) is 0. The molecule has 0 spiro atoms. The molecule has 1 aliphatic heterocycles. The van der Waals surface area contributed by atoms with Gasteiger partial charge >= 0.3 is 0 Å². The molecule has 7 nitrogen and oxygen atoms in total. The molecule has 0 saturated carbocycles. The van der Waals surface area contributed by atoms with Crippen molar-refractivity contribution in [3.63, 3.8) is 0 Å². The molecule has 0 atom stereocenters. The molecule has 0 aliphatic carbocycles. The zero-order chi connectivity index (χ0) is 15.9. The van der Waals surface area contributed by atoms with E-state index in [1.54, 1.807) is 0 Å². The lowest BCUT2D eigenvalue weighted by Crippen LogP contribution is -2.52. The highest BCUT2D eigenvalue weighted by atomic mass is 79.9. The predicted molar refractivity (Wildman–Crippen MR) is 86.0 cm³/mol. The molecule has 3 rings (SSSR count). The van der Waals surface area contributed by atoms with Crippen LogP contribution in [0.15, 0.2) is 28.9 Å². The first-order valence-corrected chi connectivity index (χ1v) is 9.16. The zero-order valence-corrected chi connectivity index (χ0v) is 14.1. The standard InChI is InChI=1S/C13H13BrN4O3S/c1-22(20,21)17-4-5-18(13(19)8-17)12-7-15-10-3-2-9(14)6-11(10)16-12/h2-3,6-7H,4-5,8H2,1H3. The number of nitrogens with zero attached hydrogens (tertiary/aromatic N) is 4. The van der Waals surface area contributed by atoms with E-state index in [0.717, 1.165) is 20.6 Å². The van der Waals surface area contributed by atoms with Gasteiger partial charge in [0.2, 0.25) is 15.9 Å². The number of amides is 1. The second-order valence-corrected chi connectivity index (χ2v) is 7.90. The van der Waals surface area contributed by atoms with E-state index in [1.807, 2.05) is 18.2 Å². The summed E-state index contributed by atoms with van der Waals surface area (Å²) >= 11 is 3.37. The van der Waals surface area contributed by atoms with E-state index in [0.29, 0.717) is 11.3 Å². The van der Waals surface area contributed by atoms with Crippen molar-refractivity contribution >= 4 is 48.7 Å². The fraction of sp³-hybridized carbons (Fsp3) is 0.308. The third kappa shape index (κ3) is 2.96. The Morgan fingerprint density at radius 2 is 2.00 bits per heavy atom. The third-order valence-corrected chi connectivity index (χ3v) is 5.17.